The predicted molar refractivity (Wildman–Crippen MR) is 68.9 cm³/mol. The maximum Gasteiger partial charge on any atom is 0.212 e. The van der Waals surface area contributed by atoms with Gasteiger partial charge in [-0.05, 0) is 37.5 Å². The van der Waals surface area contributed by atoms with Gasteiger partial charge in [0.05, 0.1) is 19.3 Å². The Morgan fingerprint density at radius 3 is 1.59 bits per heavy atom. The van der Waals surface area contributed by atoms with Crippen molar-refractivity contribution in [2.45, 2.75) is 13.8 Å². The molecule has 0 aromatic heterocycles. The second-order valence-electron chi connectivity index (χ2n) is 2.88. The number of sulfonamides is 1. The van der Waals surface area contributed by atoms with Crippen LogP contribution in [-0.4, -0.2) is 32.1 Å². The van der Waals surface area contributed by atoms with E-state index in [1.54, 1.807) is 13.8 Å². The molecule has 0 bridgehead atoms. The van der Waals surface area contributed by atoms with Gasteiger partial charge in [-0.1, -0.05) is 23.7 Å². The van der Waals surface area contributed by atoms with Gasteiger partial charge in [-0.2, -0.15) is 4.31 Å². The van der Waals surface area contributed by atoms with Gasteiger partial charge in [0.15, 0.2) is 0 Å². The molecule has 0 N–H and O–H groups in total. The minimum absolute atomic E-state index is 0.0851. The summed E-state index contributed by atoms with van der Waals surface area (Å²) < 4.78 is 23.9. The maximum atomic E-state index is 11.4. The Balaban J connectivity index is 4.68. The third-order valence-corrected chi connectivity index (χ3v) is 2.73. The van der Waals surface area contributed by atoms with Crippen LogP contribution in [0.25, 0.3) is 0 Å². The Kier molecular flexibility index (Phi) is 7.41. The molecular formula is C13H13NO2S. The normalized spacial score (nSPS) is 8.47. The summed E-state index contributed by atoms with van der Waals surface area (Å²) in [6.45, 7) is 3.50. The first-order valence-corrected chi connectivity index (χ1v) is 6.61. The molecule has 0 atom stereocenters. The van der Waals surface area contributed by atoms with Crippen molar-refractivity contribution in [3.05, 3.63) is 0 Å². The van der Waals surface area contributed by atoms with E-state index < -0.39 is 10.0 Å². The maximum absolute atomic E-state index is 11.4. The van der Waals surface area contributed by atoms with Crippen molar-refractivity contribution in [3.63, 3.8) is 0 Å². The minimum atomic E-state index is -3.31. The van der Waals surface area contributed by atoms with Crippen molar-refractivity contribution in [1.29, 1.82) is 0 Å². The van der Waals surface area contributed by atoms with Gasteiger partial charge in [0.2, 0.25) is 10.0 Å². The van der Waals surface area contributed by atoms with Gasteiger partial charge in [-0.15, -0.1) is 0 Å². The zero-order valence-corrected chi connectivity index (χ0v) is 10.9. The largest absolute Gasteiger partial charge is 0.212 e. The highest BCUT2D eigenvalue weighted by atomic mass is 32.2. The van der Waals surface area contributed by atoms with Gasteiger partial charge >= 0.3 is 0 Å². The van der Waals surface area contributed by atoms with Crippen LogP contribution in [-0.2, 0) is 10.0 Å². The monoisotopic (exact) mass is 247 g/mol. The summed E-state index contributed by atoms with van der Waals surface area (Å²) in [7, 11) is -3.31. The average molecular weight is 247 g/mol. The lowest BCUT2D eigenvalue weighted by molar-refractivity contribution is 0.488. The Morgan fingerprint density at radius 1 is 0.882 bits per heavy atom. The molecule has 0 fully saturated rings. The van der Waals surface area contributed by atoms with Gasteiger partial charge in [-0.25, -0.2) is 8.42 Å². The lowest BCUT2D eigenvalue weighted by Crippen LogP contribution is -2.30. The van der Waals surface area contributed by atoms with E-state index in [4.69, 9.17) is 0 Å². The van der Waals surface area contributed by atoms with Crippen LogP contribution >= 0.6 is 0 Å². The molecule has 0 aromatic rings. The highest BCUT2D eigenvalue weighted by Crippen LogP contribution is 1.94. The van der Waals surface area contributed by atoms with E-state index >= 15 is 0 Å². The third kappa shape index (κ3) is 8.01. The Morgan fingerprint density at radius 2 is 1.29 bits per heavy atom. The summed E-state index contributed by atoms with van der Waals surface area (Å²) in [5, 5.41) is 0. The number of nitrogens with zero attached hydrogens (tertiary/aromatic N) is 1. The van der Waals surface area contributed by atoms with E-state index in [-0.39, 0.29) is 13.1 Å². The molecule has 0 aliphatic heterocycles. The van der Waals surface area contributed by atoms with Crippen LogP contribution in [0.3, 0.4) is 0 Å². The smallest absolute Gasteiger partial charge is 0.212 e. The van der Waals surface area contributed by atoms with Crippen LogP contribution in [0.1, 0.15) is 13.8 Å². The quantitative estimate of drug-likeness (QED) is 0.673. The molecule has 88 valence electrons. The first kappa shape index (κ1) is 15.2. The summed E-state index contributed by atoms with van der Waals surface area (Å²) in [5.74, 6) is 20.7. The lowest BCUT2D eigenvalue weighted by Gasteiger charge is -2.12. The van der Waals surface area contributed by atoms with E-state index in [0.29, 0.717) is 0 Å². The van der Waals surface area contributed by atoms with Crippen LogP contribution in [0.4, 0.5) is 0 Å². The van der Waals surface area contributed by atoms with Gasteiger partial charge < -0.3 is 0 Å². The first-order valence-electron chi connectivity index (χ1n) is 4.76. The van der Waals surface area contributed by atoms with Crippen molar-refractivity contribution < 1.29 is 8.42 Å². The van der Waals surface area contributed by atoms with Gasteiger partial charge in [0.25, 0.3) is 0 Å². The van der Waals surface area contributed by atoms with Crippen molar-refractivity contribution in [3.8, 4) is 47.4 Å². The zero-order chi connectivity index (χ0) is 13.1. The zero-order valence-electron chi connectivity index (χ0n) is 10.1. The molecule has 4 heteroatoms. The molecule has 0 aliphatic rings. The fraction of sp³-hybridized carbons (Fsp3) is 0.385. The number of hydrogen-bond donors (Lipinski definition) is 0. The minimum Gasteiger partial charge on any atom is -0.212 e. The second kappa shape index (κ2) is 8.32. The van der Waals surface area contributed by atoms with E-state index in [9.17, 15) is 8.42 Å². The van der Waals surface area contributed by atoms with E-state index in [2.05, 4.69) is 47.4 Å². The summed E-state index contributed by atoms with van der Waals surface area (Å²) in [6.07, 6.45) is 1.12. The molecular weight excluding hydrogens is 234 g/mol. The van der Waals surface area contributed by atoms with Crippen molar-refractivity contribution >= 4 is 10.0 Å². The molecule has 0 rings (SSSR count). The van der Waals surface area contributed by atoms with Crippen LogP contribution in [0.5, 0.6) is 0 Å². The summed E-state index contributed by atoms with van der Waals surface area (Å²) >= 11 is 0. The molecule has 0 amide bonds. The van der Waals surface area contributed by atoms with Crippen molar-refractivity contribution in [1.82, 2.24) is 4.31 Å². The summed E-state index contributed by atoms with van der Waals surface area (Å²) in [4.78, 5) is 0. The predicted octanol–water partition coefficient (Wildman–Crippen LogP) is 0.301. The van der Waals surface area contributed by atoms with Crippen molar-refractivity contribution in [2.24, 2.45) is 0 Å². The molecule has 0 radical (unpaired) electrons. The number of hydrogen-bond acceptors (Lipinski definition) is 2. The molecule has 0 aromatic carbocycles. The Labute approximate surface area is 104 Å². The molecule has 3 nitrogen and oxygen atoms in total. The molecule has 0 unspecified atom stereocenters. The van der Waals surface area contributed by atoms with Crippen LogP contribution in [0.15, 0.2) is 0 Å². The Bertz CT molecular complexity index is 547. The average Bonchev–Trinajstić information content (AvgIpc) is 2.25. The highest BCUT2D eigenvalue weighted by molar-refractivity contribution is 7.88. The highest BCUT2D eigenvalue weighted by Gasteiger charge is 2.13. The van der Waals surface area contributed by atoms with Gasteiger partial charge in [0.1, 0.15) is 0 Å². The van der Waals surface area contributed by atoms with E-state index in [1.165, 1.54) is 4.31 Å². The molecule has 0 heterocycles. The SMILES string of the molecule is CC#CC#CCN(CC#CC#CC)S(C)(=O)=O. The summed E-state index contributed by atoms with van der Waals surface area (Å²) in [5.41, 5.74) is 0. The fourth-order valence-electron chi connectivity index (χ4n) is 0.759. The standard InChI is InChI=1S/C13H13NO2S/c1-4-6-8-10-12-14(17(3,15)16)13-11-9-7-5-2/h12-13H2,1-3H3. The van der Waals surface area contributed by atoms with E-state index in [0.717, 1.165) is 6.26 Å². The van der Waals surface area contributed by atoms with Crippen LogP contribution in [0, 0.1) is 47.4 Å². The van der Waals surface area contributed by atoms with Gasteiger partial charge in [0, 0.05) is 0 Å². The summed E-state index contributed by atoms with van der Waals surface area (Å²) in [6, 6.07) is 0. The van der Waals surface area contributed by atoms with Crippen molar-refractivity contribution in [2.75, 3.05) is 19.3 Å². The lowest BCUT2D eigenvalue weighted by atomic mass is 10.5. The molecule has 0 aliphatic carbocycles. The van der Waals surface area contributed by atoms with Crippen LogP contribution < -0.4 is 0 Å². The number of rotatable bonds is 3. The Hall–Kier alpha value is -1.85. The molecule has 0 spiro atoms. The molecule has 17 heavy (non-hydrogen) atoms. The second-order valence-corrected chi connectivity index (χ2v) is 4.87. The third-order valence-electron chi connectivity index (χ3n) is 1.53. The van der Waals surface area contributed by atoms with Crippen LogP contribution in [0.2, 0.25) is 0 Å². The fourth-order valence-corrected chi connectivity index (χ4v) is 1.36. The van der Waals surface area contributed by atoms with Gasteiger partial charge in [-0.3, -0.25) is 0 Å². The molecule has 0 saturated heterocycles. The topological polar surface area (TPSA) is 37.4 Å². The van der Waals surface area contributed by atoms with E-state index in [1.807, 2.05) is 0 Å². The first-order chi connectivity index (χ1) is 8.02. The molecule has 0 saturated carbocycles.